The van der Waals surface area contributed by atoms with Crippen LogP contribution in [0.2, 0.25) is 0 Å². The Labute approximate surface area is 79.3 Å². The molecule has 3 atom stereocenters. The van der Waals surface area contributed by atoms with Gasteiger partial charge in [0.1, 0.15) is 0 Å². The molecular weight excluding hydrogens is 164 g/mol. The smallest absolute Gasteiger partial charge is 0.307 e. The van der Waals surface area contributed by atoms with Crippen molar-refractivity contribution in [2.24, 2.45) is 22.7 Å². The third kappa shape index (κ3) is 0.976. The van der Waals surface area contributed by atoms with Crippen LogP contribution in [0.25, 0.3) is 0 Å². The van der Waals surface area contributed by atoms with E-state index < -0.39 is 5.97 Å². The van der Waals surface area contributed by atoms with Crippen LogP contribution in [0.3, 0.4) is 0 Å². The van der Waals surface area contributed by atoms with Crippen molar-refractivity contribution in [2.75, 3.05) is 0 Å². The van der Waals surface area contributed by atoms with Crippen LogP contribution in [0, 0.1) is 22.7 Å². The molecule has 0 heterocycles. The van der Waals surface area contributed by atoms with Crippen molar-refractivity contribution in [1.29, 1.82) is 0 Å². The molecule has 0 spiro atoms. The number of hydrogen-bond donors (Lipinski definition) is 1. The highest BCUT2D eigenvalue weighted by atomic mass is 16.4. The van der Waals surface area contributed by atoms with Crippen molar-refractivity contribution in [2.45, 2.75) is 40.0 Å². The van der Waals surface area contributed by atoms with Crippen LogP contribution in [0.4, 0.5) is 0 Å². The van der Waals surface area contributed by atoms with E-state index in [0.29, 0.717) is 5.92 Å². The van der Waals surface area contributed by atoms with E-state index >= 15 is 0 Å². The second-order valence-electron chi connectivity index (χ2n) is 5.69. The lowest BCUT2D eigenvalue weighted by atomic mass is 9.64. The van der Waals surface area contributed by atoms with Crippen LogP contribution in [-0.4, -0.2) is 11.1 Å². The predicted octanol–water partition coefficient (Wildman–Crippen LogP) is 2.53. The highest BCUT2D eigenvalue weighted by Gasteiger charge is 2.62. The number of fused-ring (bicyclic) bond motifs is 2. The van der Waals surface area contributed by atoms with E-state index in [1.54, 1.807) is 0 Å². The average Bonchev–Trinajstić information content (AvgIpc) is 2.36. The summed E-state index contributed by atoms with van der Waals surface area (Å²) in [5, 5.41) is 9.24. The third-order valence-corrected chi connectivity index (χ3v) is 4.52. The average molecular weight is 182 g/mol. The number of carboxylic acid groups (broad SMARTS) is 1. The van der Waals surface area contributed by atoms with E-state index in [2.05, 4.69) is 20.8 Å². The van der Waals surface area contributed by atoms with Gasteiger partial charge in [-0.2, -0.15) is 0 Å². The van der Waals surface area contributed by atoms with Crippen molar-refractivity contribution < 1.29 is 9.90 Å². The fraction of sp³-hybridized carbons (Fsp3) is 0.909. The van der Waals surface area contributed by atoms with Crippen molar-refractivity contribution >= 4 is 5.97 Å². The molecule has 13 heavy (non-hydrogen) atoms. The summed E-state index contributed by atoms with van der Waals surface area (Å²) in [6.07, 6.45) is 3.46. The Morgan fingerprint density at radius 2 is 2.00 bits per heavy atom. The maximum Gasteiger partial charge on any atom is 0.307 e. The van der Waals surface area contributed by atoms with E-state index in [1.165, 1.54) is 6.42 Å². The second kappa shape index (κ2) is 2.28. The summed E-state index contributed by atoms with van der Waals surface area (Å²) in [6, 6.07) is 0. The molecule has 0 radical (unpaired) electrons. The highest BCUT2D eigenvalue weighted by molar-refractivity contribution is 5.73. The summed E-state index contributed by atoms with van der Waals surface area (Å²) in [5.74, 6) is -0.0768. The third-order valence-electron chi connectivity index (χ3n) is 4.52. The molecule has 0 aromatic carbocycles. The van der Waals surface area contributed by atoms with E-state index in [1.807, 2.05) is 0 Å². The fourth-order valence-corrected chi connectivity index (χ4v) is 3.92. The molecule has 1 unspecified atom stereocenters. The zero-order chi connectivity index (χ0) is 9.85. The van der Waals surface area contributed by atoms with Gasteiger partial charge >= 0.3 is 5.97 Å². The van der Waals surface area contributed by atoms with Crippen molar-refractivity contribution in [1.82, 2.24) is 0 Å². The SMILES string of the molecule is CC1(C)C(C(=O)O)[C@@]2(C)CC[C@@H]1C2. The summed E-state index contributed by atoms with van der Waals surface area (Å²) in [7, 11) is 0. The largest absolute Gasteiger partial charge is 0.481 e. The highest BCUT2D eigenvalue weighted by Crippen LogP contribution is 2.65. The van der Waals surface area contributed by atoms with E-state index in [9.17, 15) is 9.90 Å². The predicted molar refractivity (Wildman–Crippen MR) is 50.4 cm³/mol. The monoisotopic (exact) mass is 182 g/mol. The first kappa shape index (κ1) is 9.04. The zero-order valence-corrected chi connectivity index (χ0v) is 8.63. The van der Waals surface area contributed by atoms with Gasteiger partial charge in [-0.3, -0.25) is 4.79 Å². The Morgan fingerprint density at radius 1 is 1.38 bits per heavy atom. The Morgan fingerprint density at radius 3 is 2.31 bits per heavy atom. The lowest BCUT2D eigenvalue weighted by Crippen LogP contribution is -2.40. The summed E-state index contributed by atoms with van der Waals surface area (Å²) in [5.41, 5.74) is 0.0961. The Bertz CT molecular complexity index is 252. The molecule has 0 saturated heterocycles. The molecule has 0 aromatic rings. The zero-order valence-electron chi connectivity index (χ0n) is 8.63. The normalized spacial score (nSPS) is 46.7. The molecule has 1 N–H and O–H groups in total. The molecule has 2 fully saturated rings. The summed E-state index contributed by atoms with van der Waals surface area (Å²) in [4.78, 5) is 11.2. The molecule has 2 saturated carbocycles. The Hall–Kier alpha value is -0.530. The fourth-order valence-electron chi connectivity index (χ4n) is 3.92. The molecule has 2 aliphatic carbocycles. The van der Waals surface area contributed by atoms with Gasteiger partial charge in [-0.1, -0.05) is 20.8 Å². The van der Waals surface area contributed by atoms with E-state index in [0.717, 1.165) is 12.8 Å². The summed E-state index contributed by atoms with van der Waals surface area (Å²) >= 11 is 0. The van der Waals surface area contributed by atoms with Crippen LogP contribution in [0.15, 0.2) is 0 Å². The molecule has 2 heteroatoms. The maximum atomic E-state index is 11.2. The molecule has 2 aliphatic rings. The van der Waals surface area contributed by atoms with Gasteiger partial charge in [0.15, 0.2) is 0 Å². The number of rotatable bonds is 1. The molecule has 0 amide bonds. The van der Waals surface area contributed by atoms with Gasteiger partial charge in [0.25, 0.3) is 0 Å². The first-order valence-electron chi connectivity index (χ1n) is 5.11. The van der Waals surface area contributed by atoms with E-state index in [-0.39, 0.29) is 16.7 Å². The molecule has 2 nitrogen and oxygen atoms in total. The van der Waals surface area contributed by atoms with Gasteiger partial charge in [-0.05, 0) is 36.0 Å². The van der Waals surface area contributed by atoms with Crippen molar-refractivity contribution in [3.8, 4) is 0 Å². The standard InChI is InChI=1S/C11H18O2/c1-10(2)7-4-5-11(3,6-7)8(10)9(12)13/h7-8H,4-6H2,1-3H3,(H,12,13)/t7-,8?,11+/m1/s1. The molecule has 0 aromatic heterocycles. The van der Waals surface area contributed by atoms with E-state index in [4.69, 9.17) is 0 Å². The molecule has 0 aliphatic heterocycles. The lowest BCUT2D eigenvalue weighted by Gasteiger charge is -2.39. The quantitative estimate of drug-likeness (QED) is 0.676. The first-order chi connectivity index (χ1) is 5.88. The van der Waals surface area contributed by atoms with Gasteiger partial charge in [-0.25, -0.2) is 0 Å². The van der Waals surface area contributed by atoms with Gasteiger partial charge in [-0.15, -0.1) is 0 Å². The molecule has 2 rings (SSSR count). The molecular formula is C11H18O2. The van der Waals surface area contributed by atoms with Crippen LogP contribution in [-0.2, 0) is 4.79 Å². The Kier molecular flexibility index (Phi) is 1.59. The minimum atomic E-state index is -0.588. The van der Waals surface area contributed by atoms with Crippen LogP contribution in [0.5, 0.6) is 0 Å². The van der Waals surface area contributed by atoms with Crippen molar-refractivity contribution in [3.05, 3.63) is 0 Å². The van der Waals surface area contributed by atoms with Crippen molar-refractivity contribution in [3.63, 3.8) is 0 Å². The molecule has 2 bridgehead atoms. The second-order valence-corrected chi connectivity index (χ2v) is 5.69. The number of carboxylic acids is 1. The summed E-state index contributed by atoms with van der Waals surface area (Å²) in [6.45, 7) is 6.41. The lowest BCUT2D eigenvalue weighted by molar-refractivity contribution is -0.151. The van der Waals surface area contributed by atoms with Gasteiger partial charge < -0.3 is 5.11 Å². The molecule has 74 valence electrons. The van der Waals surface area contributed by atoms with Crippen LogP contribution < -0.4 is 0 Å². The minimum absolute atomic E-state index is 0.0127. The number of carbonyl (C=O) groups is 1. The summed E-state index contributed by atoms with van der Waals surface area (Å²) < 4.78 is 0. The Balaban J connectivity index is 2.39. The maximum absolute atomic E-state index is 11.2. The minimum Gasteiger partial charge on any atom is -0.481 e. The van der Waals surface area contributed by atoms with Crippen LogP contribution >= 0.6 is 0 Å². The van der Waals surface area contributed by atoms with Gasteiger partial charge in [0.2, 0.25) is 0 Å². The van der Waals surface area contributed by atoms with Crippen LogP contribution in [0.1, 0.15) is 40.0 Å². The number of aliphatic carboxylic acids is 1. The topological polar surface area (TPSA) is 37.3 Å². The number of hydrogen-bond acceptors (Lipinski definition) is 1. The van der Waals surface area contributed by atoms with Gasteiger partial charge in [0, 0.05) is 0 Å². The van der Waals surface area contributed by atoms with Gasteiger partial charge in [0.05, 0.1) is 5.92 Å². The first-order valence-corrected chi connectivity index (χ1v) is 5.11.